The highest BCUT2D eigenvalue weighted by atomic mass is 16.6. The molecule has 47 heavy (non-hydrogen) atoms. The van der Waals surface area contributed by atoms with Crippen molar-refractivity contribution in [3.8, 4) is 0 Å². The molecule has 0 amide bonds. The van der Waals surface area contributed by atoms with Crippen LogP contribution in [0.4, 0.5) is 0 Å². The van der Waals surface area contributed by atoms with Crippen molar-refractivity contribution in [3.63, 3.8) is 0 Å². The summed E-state index contributed by atoms with van der Waals surface area (Å²) in [7, 11) is 0. The molecule has 3 aromatic carbocycles. The summed E-state index contributed by atoms with van der Waals surface area (Å²) in [6, 6.07) is 25.4. The monoisotopic (exact) mass is 636 g/mol. The molecular formula is C43H56O4. The minimum Gasteiger partial charge on any atom is -0.458 e. The van der Waals surface area contributed by atoms with Crippen LogP contribution in [0.2, 0.25) is 0 Å². The molecule has 2 saturated carbocycles. The molecule has 0 aromatic heterocycles. The summed E-state index contributed by atoms with van der Waals surface area (Å²) in [4.78, 5) is 26.4. The van der Waals surface area contributed by atoms with Crippen molar-refractivity contribution >= 4 is 11.9 Å². The van der Waals surface area contributed by atoms with Gasteiger partial charge in [-0.2, -0.15) is 0 Å². The summed E-state index contributed by atoms with van der Waals surface area (Å²) in [6.07, 6.45) is 18.8. The molecule has 0 bridgehead atoms. The highest BCUT2D eigenvalue weighted by Crippen LogP contribution is 2.39. The zero-order valence-corrected chi connectivity index (χ0v) is 28.8. The molecule has 2 fully saturated rings. The lowest BCUT2D eigenvalue weighted by atomic mass is 9.77. The smallest absolute Gasteiger partial charge is 0.338 e. The third kappa shape index (κ3) is 10.3. The van der Waals surface area contributed by atoms with E-state index in [9.17, 15) is 9.59 Å². The normalized spacial score (nSPS) is 21.9. The average Bonchev–Trinajstić information content (AvgIpc) is 3.13. The van der Waals surface area contributed by atoms with Gasteiger partial charge in [0.2, 0.25) is 0 Å². The molecule has 0 N–H and O–H groups in total. The minimum absolute atomic E-state index is 0.0439. The molecule has 0 heterocycles. The summed E-state index contributed by atoms with van der Waals surface area (Å²) in [5.74, 6) is 2.08. The van der Waals surface area contributed by atoms with Crippen LogP contribution >= 0.6 is 0 Å². The lowest BCUT2D eigenvalue weighted by Gasteiger charge is -2.29. The Kier molecular flexibility index (Phi) is 13.5. The Morgan fingerprint density at radius 3 is 1.60 bits per heavy atom. The van der Waals surface area contributed by atoms with Crippen molar-refractivity contribution in [1.29, 1.82) is 0 Å². The molecule has 2 aliphatic rings. The van der Waals surface area contributed by atoms with Gasteiger partial charge in [-0.1, -0.05) is 113 Å². The van der Waals surface area contributed by atoms with E-state index >= 15 is 0 Å². The van der Waals surface area contributed by atoms with Crippen LogP contribution in [0.3, 0.4) is 0 Å². The lowest BCUT2D eigenvalue weighted by Crippen LogP contribution is -2.19. The molecular weight excluding hydrogens is 580 g/mol. The molecule has 4 heteroatoms. The number of rotatable bonds is 15. The van der Waals surface area contributed by atoms with Gasteiger partial charge >= 0.3 is 11.9 Å². The van der Waals surface area contributed by atoms with Crippen LogP contribution in [0, 0.1) is 11.8 Å². The summed E-state index contributed by atoms with van der Waals surface area (Å²) in [6.45, 7) is 4.50. The second-order valence-electron chi connectivity index (χ2n) is 14.2. The first-order valence-corrected chi connectivity index (χ1v) is 18.7. The Balaban J connectivity index is 1.13. The maximum Gasteiger partial charge on any atom is 0.338 e. The standard InChI is InChI=1S/C43H56O4/c1-3-5-8-12-33-17-21-35(22-18-33)36-23-27-39(28-24-36)42(44)46-31-41(38-13-9-7-10-14-38)47-43(45)40-29-25-37(26-30-40)34-19-15-32(16-20-34)11-6-4-2/h7,9-10,13-14,23-30,32-35,41H,3-6,8,11-12,15-22,31H2,1-2H3. The maximum atomic E-state index is 13.3. The first-order chi connectivity index (χ1) is 23.0. The van der Waals surface area contributed by atoms with E-state index in [0.29, 0.717) is 23.0 Å². The van der Waals surface area contributed by atoms with Gasteiger partial charge < -0.3 is 9.47 Å². The number of benzene rings is 3. The van der Waals surface area contributed by atoms with Gasteiger partial charge in [0.1, 0.15) is 6.61 Å². The van der Waals surface area contributed by atoms with Gasteiger partial charge in [-0.25, -0.2) is 9.59 Å². The lowest BCUT2D eigenvalue weighted by molar-refractivity contribution is -0.00134. The van der Waals surface area contributed by atoms with Crippen LogP contribution in [0.1, 0.15) is 166 Å². The Hall–Kier alpha value is -3.40. The molecule has 1 atom stereocenters. The van der Waals surface area contributed by atoms with Crippen LogP contribution < -0.4 is 0 Å². The zero-order valence-electron chi connectivity index (χ0n) is 28.8. The number of hydrogen-bond donors (Lipinski definition) is 0. The van der Waals surface area contributed by atoms with E-state index in [1.807, 2.05) is 54.6 Å². The largest absolute Gasteiger partial charge is 0.458 e. The van der Waals surface area contributed by atoms with Crippen molar-refractivity contribution in [2.75, 3.05) is 6.61 Å². The van der Waals surface area contributed by atoms with Gasteiger partial charge in [0.15, 0.2) is 6.10 Å². The molecule has 2 aliphatic carbocycles. The molecule has 4 nitrogen and oxygen atoms in total. The molecule has 5 rings (SSSR count). The zero-order chi connectivity index (χ0) is 32.8. The quantitative estimate of drug-likeness (QED) is 0.123. The third-order valence-electron chi connectivity index (χ3n) is 10.9. The Morgan fingerprint density at radius 2 is 1.09 bits per heavy atom. The maximum absolute atomic E-state index is 13.3. The van der Waals surface area contributed by atoms with Crippen LogP contribution in [-0.2, 0) is 9.47 Å². The predicted molar refractivity (Wildman–Crippen MR) is 191 cm³/mol. The number of hydrogen-bond acceptors (Lipinski definition) is 4. The van der Waals surface area contributed by atoms with Gasteiger partial charge in [0, 0.05) is 0 Å². The highest BCUT2D eigenvalue weighted by Gasteiger charge is 2.25. The molecule has 3 aromatic rings. The first-order valence-electron chi connectivity index (χ1n) is 18.7. The molecule has 0 radical (unpaired) electrons. The number of carbonyl (C=O) groups excluding carboxylic acids is 2. The van der Waals surface area contributed by atoms with Crippen LogP contribution in [0.5, 0.6) is 0 Å². The minimum atomic E-state index is -0.697. The summed E-state index contributed by atoms with van der Waals surface area (Å²) in [5.41, 5.74) is 4.46. The first kappa shape index (κ1) is 34.9. The van der Waals surface area contributed by atoms with Crippen LogP contribution in [-0.4, -0.2) is 18.5 Å². The fourth-order valence-corrected chi connectivity index (χ4v) is 7.83. The van der Waals surface area contributed by atoms with Crippen molar-refractivity contribution < 1.29 is 19.1 Å². The van der Waals surface area contributed by atoms with Crippen molar-refractivity contribution in [1.82, 2.24) is 0 Å². The van der Waals surface area contributed by atoms with Crippen molar-refractivity contribution in [2.45, 2.75) is 128 Å². The van der Waals surface area contributed by atoms with E-state index in [4.69, 9.17) is 9.47 Å². The Labute approximate surface area is 283 Å². The average molecular weight is 637 g/mol. The fourth-order valence-electron chi connectivity index (χ4n) is 7.83. The van der Waals surface area contributed by atoms with Gasteiger partial charge in [-0.15, -0.1) is 0 Å². The summed E-state index contributed by atoms with van der Waals surface area (Å²) in [5, 5.41) is 0. The Morgan fingerprint density at radius 1 is 0.596 bits per heavy atom. The molecule has 0 aliphatic heterocycles. The Bertz CT molecular complexity index is 1350. The van der Waals surface area contributed by atoms with E-state index in [0.717, 1.165) is 17.4 Å². The van der Waals surface area contributed by atoms with Gasteiger partial charge in [0.05, 0.1) is 11.1 Å². The summed E-state index contributed by atoms with van der Waals surface area (Å²) < 4.78 is 11.7. The van der Waals surface area contributed by atoms with E-state index in [2.05, 4.69) is 38.1 Å². The van der Waals surface area contributed by atoms with E-state index in [1.54, 1.807) is 0 Å². The van der Waals surface area contributed by atoms with Crippen LogP contribution in [0.25, 0.3) is 0 Å². The molecule has 0 spiro atoms. The molecule has 1 unspecified atom stereocenters. The number of ether oxygens (including phenoxy) is 2. The van der Waals surface area contributed by atoms with E-state index < -0.39 is 18.0 Å². The topological polar surface area (TPSA) is 52.6 Å². The van der Waals surface area contributed by atoms with Gasteiger partial charge in [-0.3, -0.25) is 0 Å². The summed E-state index contributed by atoms with van der Waals surface area (Å²) >= 11 is 0. The number of unbranched alkanes of at least 4 members (excludes halogenated alkanes) is 3. The third-order valence-corrected chi connectivity index (χ3v) is 10.9. The van der Waals surface area contributed by atoms with Crippen LogP contribution in [0.15, 0.2) is 78.9 Å². The SMILES string of the molecule is CCCCCC1CCC(c2ccc(C(=O)OCC(OC(=O)c3ccc(C4CCC(CCCC)CC4)cc3)c3ccccc3)cc2)CC1. The van der Waals surface area contributed by atoms with E-state index in [-0.39, 0.29) is 6.61 Å². The second-order valence-corrected chi connectivity index (χ2v) is 14.2. The molecule has 0 saturated heterocycles. The van der Waals surface area contributed by atoms with Crippen molar-refractivity contribution in [2.24, 2.45) is 11.8 Å². The second kappa shape index (κ2) is 18.2. The van der Waals surface area contributed by atoms with Gasteiger partial charge in [0.25, 0.3) is 0 Å². The fraction of sp³-hybridized carbons (Fsp3) is 0.535. The highest BCUT2D eigenvalue weighted by molar-refractivity contribution is 5.90. The van der Waals surface area contributed by atoms with Gasteiger partial charge in [-0.05, 0) is 116 Å². The predicted octanol–water partition coefficient (Wildman–Crippen LogP) is 11.8. The van der Waals surface area contributed by atoms with Crippen molar-refractivity contribution in [3.05, 3.63) is 107 Å². The molecule has 252 valence electrons. The number of esters is 2. The number of carbonyl (C=O) groups is 2. The van der Waals surface area contributed by atoms with E-state index in [1.165, 1.54) is 107 Å².